The summed E-state index contributed by atoms with van der Waals surface area (Å²) < 4.78 is 5.38. The van der Waals surface area contributed by atoms with E-state index in [2.05, 4.69) is 20.2 Å². The fourth-order valence-electron chi connectivity index (χ4n) is 4.40. The van der Waals surface area contributed by atoms with E-state index < -0.39 is 0 Å². The molecular formula is C18H27N3O2S. The molecule has 1 atom stereocenters. The second-order valence-electron chi connectivity index (χ2n) is 7.59. The molecule has 3 aliphatic heterocycles. The topological polar surface area (TPSA) is 45.7 Å². The van der Waals surface area contributed by atoms with Crippen LogP contribution in [-0.2, 0) is 16.1 Å². The fourth-order valence-corrected chi connectivity index (χ4v) is 5.05. The van der Waals surface area contributed by atoms with Crippen LogP contribution < -0.4 is 0 Å². The van der Waals surface area contributed by atoms with Gasteiger partial charge in [0.25, 0.3) is 0 Å². The molecule has 0 bridgehead atoms. The van der Waals surface area contributed by atoms with Gasteiger partial charge in [0.15, 0.2) is 0 Å². The van der Waals surface area contributed by atoms with Crippen LogP contribution in [0.25, 0.3) is 0 Å². The molecule has 1 aromatic heterocycles. The van der Waals surface area contributed by atoms with Crippen molar-refractivity contribution in [2.45, 2.75) is 38.6 Å². The van der Waals surface area contributed by atoms with Gasteiger partial charge in [-0.2, -0.15) is 0 Å². The van der Waals surface area contributed by atoms with Crippen molar-refractivity contribution < 1.29 is 9.53 Å². The number of nitrogens with zero attached hydrogens (tertiary/aromatic N) is 3. The van der Waals surface area contributed by atoms with Crippen LogP contribution >= 0.6 is 11.3 Å². The normalized spacial score (nSPS) is 27.7. The lowest BCUT2D eigenvalue weighted by atomic mass is 9.71. The highest BCUT2D eigenvalue weighted by molar-refractivity contribution is 7.09. The van der Waals surface area contributed by atoms with E-state index in [1.807, 2.05) is 6.20 Å². The van der Waals surface area contributed by atoms with E-state index in [1.54, 1.807) is 11.3 Å². The van der Waals surface area contributed by atoms with Crippen LogP contribution in [0.5, 0.6) is 0 Å². The van der Waals surface area contributed by atoms with E-state index in [9.17, 15) is 4.79 Å². The van der Waals surface area contributed by atoms with Gasteiger partial charge in [-0.1, -0.05) is 0 Å². The second kappa shape index (κ2) is 7.10. The predicted molar refractivity (Wildman–Crippen MR) is 93.8 cm³/mol. The molecular weight excluding hydrogens is 322 g/mol. The monoisotopic (exact) mass is 349 g/mol. The van der Waals surface area contributed by atoms with Gasteiger partial charge in [0.05, 0.1) is 19.1 Å². The number of piperidine rings is 2. The van der Waals surface area contributed by atoms with Gasteiger partial charge in [0, 0.05) is 31.3 Å². The number of amides is 1. The number of hydrogen-bond donors (Lipinski definition) is 0. The molecule has 5 nitrogen and oxygen atoms in total. The van der Waals surface area contributed by atoms with Crippen LogP contribution in [0.3, 0.4) is 0 Å². The van der Waals surface area contributed by atoms with Crippen LogP contribution in [0.15, 0.2) is 11.6 Å². The van der Waals surface area contributed by atoms with E-state index in [0.29, 0.717) is 17.9 Å². The third kappa shape index (κ3) is 3.51. The molecule has 132 valence electrons. The van der Waals surface area contributed by atoms with Crippen molar-refractivity contribution in [3.8, 4) is 0 Å². The van der Waals surface area contributed by atoms with Crippen LogP contribution in [0.2, 0.25) is 0 Å². The summed E-state index contributed by atoms with van der Waals surface area (Å²) in [6.45, 7) is 6.62. The molecule has 6 heteroatoms. The standard InChI is InChI=1S/C18H27N3O2S/c22-17(15-1-11-23-14-15)21-9-4-18(5-10-21)2-7-20(8-3-18)13-16-19-6-12-24-16/h6,12,15H,1-5,7-11,13-14H2/t15-/m1/s1. The van der Waals surface area contributed by atoms with Gasteiger partial charge in [-0.25, -0.2) is 4.98 Å². The molecule has 3 fully saturated rings. The summed E-state index contributed by atoms with van der Waals surface area (Å²) >= 11 is 1.75. The number of carbonyl (C=O) groups excluding carboxylic acids is 1. The number of thiazole rings is 1. The molecule has 1 aromatic rings. The Morgan fingerprint density at radius 1 is 1.25 bits per heavy atom. The van der Waals surface area contributed by atoms with Crippen LogP contribution in [0.1, 0.15) is 37.1 Å². The Hall–Kier alpha value is -0.980. The lowest BCUT2D eigenvalue weighted by Gasteiger charge is -2.47. The zero-order valence-corrected chi connectivity index (χ0v) is 15.1. The second-order valence-corrected chi connectivity index (χ2v) is 8.57. The number of carbonyl (C=O) groups is 1. The van der Waals surface area contributed by atoms with Crippen LogP contribution in [0, 0.1) is 11.3 Å². The average molecular weight is 350 g/mol. The third-order valence-corrected chi connectivity index (χ3v) is 6.94. The van der Waals surface area contributed by atoms with E-state index in [-0.39, 0.29) is 5.92 Å². The number of ether oxygens (including phenoxy) is 1. The van der Waals surface area contributed by atoms with Crippen molar-refractivity contribution in [2.24, 2.45) is 11.3 Å². The summed E-state index contributed by atoms with van der Waals surface area (Å²) in [7, 11) is 0. The Bertz CT molecular complexity index is 539. The molecule has 0 aromatic carbocycles. The Morgan fingerprint density at radius 3 is 2.62 bits per heavy atom. The van der Waals surface area contributed by atoms with E-state index >= 15 is 0 Å². The highest BCUT2D eigenvalue weighted by Gasteiger charge is 2.39. The summed E-state index contributed by atoms with van der Waals surface area (Å²) in [4.78, 5) is 21.6. The van der Waals surface area contributed by atoms with Crippen LogP contribution in [-0.4, -0.2) is 60.1 Å². The Kier molecular flexibility index (Phi) is 4.88. The SMILES string of the molecule is O=C([C@@H]1CCOC1)N1CCC2(CCN(Cc3nccs3)CC2)CC1. The Labute approximate surface area is 148 Å². The largest absolute Gasteiger partial charge is 0.381 e. The molecule has 24 heavy (non-hydrogen) atoms. The van der Waals surface area contributed by atoms with Crippen molar-refractivity contribution >= 4 is 17.2 Å². The smallest absolute Gasteiger partial charge is 0.228 e. The molecule has 0 aliphatic carbocycles. The minimum absolute atomic E-state index is 0.124. The maximum atomic E-state index is 12.5. The fraction of sp³-hybridized carbons (Fsp3) is 0.778. The summed E-state index contributed by atoms with van der Waals surface area (Å²) in [5.41, 5.74) is 0.475. The van der Waals surface area contributed by atoms with Gasteiger partial charge in [-0.05, 0) is 50.6 Å². The van der Waals surface area contributed by atoms with E-state index in [0.717, 1.165) is 32.7 Å². The van der Waals surface area contributed by atoms with Gasteiger partial charge in [-0.15, -0.1) is 11.3 Å². The van der Waals surface area contributed by atoms with Crippen molar-refractivity contribution in [1.82, 2.24) is 14.8 Å². The molecule has 0 saturated carbocycles. The lowest BCUT2D eigenvalue weighted by molar-refractivity contribution is -0.138. The molecule has 0 N–H and O–H groups in total. The number of aromatic nitrogens is 1. The zero-order valence-electron chi connectivity index (χ0n) is 14.3. The molecule has 3 aliphatic rings. The quantitative estimate of drug-likeness (QED) is 0.841. The van der Waals surface area contributed by atoms with Crippen LogP contribution in [0.4, 0.5) is 0 Å². The van der Waals surface area contributed by atoms with Gasteiger partial charge < -0.3 is 9.64 Å². The number of likely N-dealkylation sites (tertiary alicyclic amines) is 2. The highest BCUT2D eigenvalue weighted by atomic mass is 32.1. The summed E-state index contributed by atoms with van der Waals surface area (Å²) in [6.07, 6.45) is 7.70. The first-order chi connectivity index (χ1) is 11.7. The molecule has 0 radical (unpaired) electrons. The zero-order chi connectivity index (χ0) is 16.4. The van der Waals surface area contributed by atoms with Crippen molar-refractivity contribution in [2.75, 3.05) is 39.4 Å². The first kappa shape index (κ1) is 16.5. The lowest BCUT2D eigenvalue weighted by Crippen LogP contribution is -2.49. The van der Waals surface area contributed by atoms with E-state index in [1.165, 1.54) is 43.8 Å². The summed E-state index contributed by atoms with van der Waals surface area (Å²) in [5.74, 6) is 0.461. The molecule has 4 rings (SSSR count). The minimum Gasteiger partial charge on any atom is -0.381 e. The maximum absolute atomic E-state index is 12.5. The summed E-state index contributed by atoms with van der Waals surface area (Å²) in [5, 5.41) is 3.29. The molecule has 3 saturated heterocycles. The van der Waals surface area contributed by atoms with E-state index in [4.69, 9.17) is 4.74 Å². The molecule has 0 unspecified atom stereocenters. The highest BCUT2D eigenvalue weighted by Crippen LogP contribution is 2.41. The summed E-state index contributed by atoms with van der Waals surface area (Å²) in [6, 6.07) is 0. The molecule has 1 amide bonds. The third-order valence-electron chi connectivity index (χ3n) is 6.17. The number of rotatable bonds is 3. The molecule has 1 spiro atoms. The average Bonchev–Trinajstić information content (AvgIpc) is 3.31. The first-order valence-corrected chi connectivity index (χ1v) is 10.1. The van der Waals surface area contributed by atoms with Crippen molar-refractivity contribution in [3.05, 3.63) is 16.6 Å². The van der Waals surface area contributed by atoms with Gasteiger partial charge in [0.2, 0.25) is 5.91 Å². The molecule has 4 heterocycles. The van der Waals surface area contributed by atoms with Gasteiger partial charge in [-0.3, -0.25) is 9.69 Å². The predicted octanol–water partition coefficient (Wildman–Crippen LogP) is 2.38. The van der Waals surface area contributed by atoms with Gasteiger partial charge in [0.1, 0.15) is 5.01 Å². The first-order valence-electron chi connectivity index (χ1n) is 9.21. The Balaban J connectivity index is 1.26. The van der Waals surface area contributed by atoms with Gasteiger partial charge >= 0.3 is 0 Å². The minimum atomic E-state index is 0.124. The maximum Gasteiger partial charge on any atom is 0.228 e. The Morgan fingerprint density at radius 2 is 2.00 bits per heavy atom. The number of hydrogen-bond acceptors (Lipinski definition) is 5. The van der Waals surface area contributed by atoms with Crippen molar-refractivity contribution in [1.29, 1.82) is 0 Å². The van der Waals surface area contributed by atoms with Crippen molar-refractivity contribution in [3.63, 3.8) is 0 Å².